The quantitative estimate of drug-likeness (QED) is 0.619. The summed E-state index contributed by atoms with van der Waals surface area (Å²) in [5.41, 5.74) is 0. The summed E-state index contributed by atoms with van der Waals surface area (Å²) in [4.78, 5) is 0. The second kappa shape index (κ2) is 3.14. The Hall–Kier alpha value is 0.310. The van der Waals surface area contributed by atoms with Gasteiger partial charge in [0.2, 0.25) is 0 Å². The maximum absolute atomic E-state index is 3.62. The Morgan fingerprint density at radius 2 is 2.20 bits per heavy atom. The molecule has 0 amide bonds. The zero-order valence-corrected chi connectivity index (χ0v) is 7.12. The Morgan fingerprint density at radius 1 is 1.30 bits per heavy atom. The summed E-state index contributed by atoms with van der Waals surface area (Å²) >= 11 is 2.13. The van der Waals surface area contributed by atoms with Crippen LogP contribution < -0.4 is 5.32 Å². The van der Waals surface area contributed by atoms with Crippen molar-refractivity contribution in [2.45, 2.75) is 25.3 Å². The van der Waals surface area contributed by atoms with Crippen LogP contribution in [0.4, 0.5) is 0 Å². The van der Waals surface area contributed by atoms with Crippen molar-refractivity contribution < 1.29 is 0 Å². The van der Waals surface area contributed by atoms with E-state index in [-0.39, 0.29) is 0 Å². The van der Waals surface area contributed by atoms with Gasteiger partial charge in [0.1, 0.15) is 0 Å². The zero-order valence-electron chi connectivity index (χ0n) is 6.31. The van der Waals surface area contributed by atoms with Gasteiger partial charge in [-0.15, -0.1) is 0 Å². The highest BCUT2D eigenvalue weighted by atomic mass is 32.2. The van der Waals surface area contributed by atoms with Crippen LogP contribution >= 0.6 is 11.8 Å². The smallest absolute Gasteiger partial charge is 0.0186 e. The van der Waals surface area contributed by atoms with Crippen molar-refractivity contribution in [1.82, 2.24) is 5.32 Å². The van der Waals surface area contributed by atoms with E-state index >= 15 is 0 Å². The molecule has 2 heteroatoms. The molecule has 2 fully saturated rings. The third-order valence-electron chi connectivity index (χ3n) is 2.36. The molecule has 1 aliphatic carbocycles. The van der Waals surface area contributed by atoms with Gasteiger partial charge < -0.3 is 5.32 Å². The summed E-state index contributed by atoms with van der Waals surface area (Å²) in [5.74, 6) is 3.78. The molecule has 0 bridgehead atoms. The van der Waals surface area contributed by atoms with E-state index in [4.69, 9.17) is 0 Å². The molecule has 2 aliphatic rings. The summed E-state index contributed by atoms with van der Waals surface area (Å²) in [6, 6.07) is 0.868. The lowest BCUT2D eigenvalue weighted by Gasteiger charge is -2.12. The third-order valence-corrected chi connectivity index (χ3v) is 3.53. The number of nitrogens with one attached hydrogen (secondary N) is 1. The van der Waals surface area contributed by atoms with Gasteiger partial charge in [0.05, 0.1) is 0 Å². The normalized spacial score (nSPS) is 35.4. The van der Waals surface area contributed by atoms with Crippen LogP contribution in [0, 0.1) is 5.92 Å². The second-order valence-corrected chi connectivity index (χ2v) is 4.48. The van der Waals surface area contributed by atoms with E-state index < -0.39 is 0 Å². The Bertz CT molecular complexity index is 104. The van der Waals surface area contributed by atoms with Crippen molar-refractivity contribution in [2.75, 3.05) is 18.1 Å². The molecule has 1 atom stereocenters. The highest BCUT2D eigenvalue weighted by Crippen LogP contribution is 2.34. The maximum Gasteiger partial charge on any atom is 0.0186 e. The molecular formula is C8H15NS. The highest BCUT2D eigenvalue weighted by molar-refractivity contribution is 7.99. The average Bonchev–Trinajstić information content (AvgIpc) is 2.76. The minimum absolute atomic E-state index is 0.868. The van der Waals surface area contributed by atoms with Crippen LogP contribution in [0.3, 0.4) is 0 Å². The van der Waals surface area contributed by atoms with Crippen LogP contribution in [0.15, 0.2) is 0 Å². The van der Waals surface area contributed by atoms with Crippen molar-refractivity contribution in [1.29, 1.82) is 0 Å². The molecule has 0 radical (unpaired) electrons. The Labute approximate surface area is 67.0 Å². The van der Waals surface area contributed by atoms with Gasteiger partial charge in [-0.2, -0.15) is 11.8 Å². The number of rotatable bonds is 1. The van der Waals surface area contributed by atoms with Crippen LogP contribution in [-0.2, 0) is 0 Å². The maximum atomic E-state index is 3.62. The molecule has 0 aromatic carbocycles. The molecule has 58 valence electrons. The number of hydrogen-bond donors (Lipinski definition) is 1. The number of thioether (sulfide) groups is 1. The standard InChI is InChI=1S/C8H15NS/c1-4-9-8(6-10-5-1)7-2-3-7/h7-9H,1-6H2. The molecule has 0 spiro atoms. The average molecular weight is 157 g/mol. The van der Waals surface area contributed by atoms with E-state index in [9.17, 15) is 0 Å². The van der Waals surface area contributed by atoms with E-state index in [2.05, 4.69) is 17.1 Å². The SMILES string of the molecule is C1CNC(C2CC2)CSC1. The first kappa shape index (κ1) is 6.99. The van der Waals surface area contributed by atoms with E-state index in [1.165, 1.54) is 37.3 Å². The topological polar surface area (TPSA) is 12.0 Å². The van der Waals surface area contributed by atoms with Gasteiger partial charge in [0.15, 0.2) is 0 Å². The van der Waals surface area contributed by atoms with Gasteiger partial charge in [0.25, 0.3) is 0 Å². The minimum atomic E-state index is 0.868. The third kappa shape index (κ3) is 1.67. The second-order valence-electron chi connectivity index (χ2n) is 3.33. The molecule has 1 saturated carbocycles. The molecule has 0 aromatic heterocycles. The van der Waals surface area contributed by atoms with Crippen molar-refractivity contribution in [2.24, 2.45) is 5.92 Å². The molecule has 1 aliphatic heterocycles. The number of hydrogen-bond acceptors (Lipinski definition) is 2. The molecular weight excluding hydrogens is 142 g/mol. The van der Waals surface area contributed by atoms with Gasteiger partial charge in [-0.1, -0.05) is 0 Å². The molecule has 1 saturated heterocycles. The summed E-state index contributed by atoms with van der Waals surface area (Å²) in [6.45, 7) is 1.26. The van der Waals surface area contributed by atoms with Gasteiger partial charge in [0, 0.05) is 11.8 Å². The molecule has 1 N–H and O–H groups in total. The molecule has 2 rings (SSSR count). The summed E-state index contributed by atoms with van der Waals surface area (Å²) < 4.78 is 0. The lowest BCUT2D eigenvalue weighted by molar-refractivity contribution is 0.511. The lowest BCUT2D eigenvalue weighted by Crippen LogP contribution is -2.32. The van der Waals surface area contributed by atoms with E-state index in [1.54, 1.807) is 0 Å². The van der Waals surface area contributed by atoms with E-state index in [1.807, 2.05) is 0 Å². The van der Waals surface area contributed by atoms with Crippen molar-refractivity contribution in [3.8, 4) is 0 Å². The largest absolute Gasteiger partial charge is 0.313 e. The molecule has 1 unspecified atom stereocenters. The molecule has 0 aromatic rings. The van der Waals surface area contributed by atoms with Gasteiger partial charge >= 0.3 is 0 Å². The monoisotopic (exact) mass is 157 g/mol. The molecule has 1 heterocycles. The Balaban J connectivity index is 1.81. The fraction of sp³-hybridized carbons (Fsp3) is 1.00. The summed E-state index contributed by atoms with van der Waals surface area (Å²) in [7, 11) is 0. The Kier molecular flexibility index (Phi) is 2.19. The molecule has 1 nitrogen and oxygen atoms in total. The van der Waals surface area contributed by atoms with Crippen LogP contribution in [0.5, 0.6) is 0 Å². The summed E-state index contributed by atoms with van der Waals surface area (Å²) in [5, 5.41) is 3.62. The van der Waals surface area contributed by atoms with E-state index in [0.717, 1.165) is 12.0 Å². The lowest BCUT2D eigenvalue weighted by atomic mass is 10.2. The highest BCUT2D eigenvalue weighted by Gasteiger charge is 2.30. The predicted octanol–water partition coefficient (Wildman–Crippen LogP) is 1.49. The van der Waals surface area contributed by atoms with Crippen LogP contribution in [-0.4, -0.2) is 24.1 Å². The van der Waals surface area contributed by atoms with Crippen molar-refractivity contribution in [3.05, 3.63) is 0 Å². The fourth-order valence-corrected chi connectivity index (χ4v) is 2.69. The van der Waals surface area contributed by atoms with Crippen molar-refractivity contribution >= 4 is 11.8 Å². The first-order valence-electron chi connectivity index (χ1n) is 4.28. The summed E-state index contributed by atoms with van der Waals surface area (Å²) in [6.07, 6.45) is 4.34. The van der Waals surface area contributed by atoms with Gasteiger partial charge in [-0.05, 0) is 37.5 Å². The van der Waals surface area contributed by atoms with Crippen LogP contribution in [0.1, 0.15) is 19.3 Å². The Morgan fingerprint density at radius 3 is 3.00 bits per heavy atom. The predicted molar refractivity (Wildman–Crippen MR) is 46.5 cm³/mol. The van der Waals surface area contributed by atoms with Crippen LogP contribution in [0.2, 0.25) is 0 Å². The van der Waals surface area contributed by atoms with Gasteiger partial charge in [-0.3, -0.25) is 0 Å². The minimum Gasteiger partial charge on any atom is -0.313 e. The first-order chi connectivity index (χ1) is 4.97. The van der Waals surface area contributed by atoms with E-state index in [0.29, 0.717) is 0 Å². The fourth-order valence-electron chi connectivity index (χ4n) is 1.53. The first-order valence-corrected chi connectivity index (χ1v) is 5.43. The van der Waals surface area contributed by atoms with Gasteiger partial charge in [-0.25, -0.2) is 0 Å². The van der Waals surface area contributed by atoms with Crippen LogP contribution in [0.25, 0.3) is 0 Å². The zero-order chi connectivity index (χ0) is 6.81. The van der Waals surface area contributed by atoms with Crippen molar-refractivity contribution in [3.63, 3.8) is 0 Å². The molecule has 10 heavy (non-hydrogen) atoms.